The van der Waals surface area contributed by atoms with Gasteiger partial charge in [0.25, 0.3) is 11.8 Å². The summed E-state index contributed by atoms with van der Waals surface area (Å²) in [7, 11) is 1.87. The quantitative estimate of drug-likeness (QED) is 0.349. The van der Waals surface area contributed by atoms with E-state index in [2.05, 4.69) is 21.0 Å². The average molecular weight is 420 g/mol. The van der Waals surface area contributed by atoms with Gasteiger partial charge in [0.2, 0.25) is 0 Å². The second kappa shape index (κ2) is 7.96. The molecule has 0 unspecified atom stereocenters. The maximum Gasteiger partial charge on any atom is 0.271 e. The van der Waals surface area contributed by atoms with Gasteiger partial charge in [-0.15, -0.1) is 0 Å². The molecule has 8 nitrogen and oxygen atoms in total. The number of carbonyl (C=O) groups excluding carboxylic acids is 2. The lowest BCUT2D eigenvalue weighted by atomic mass is 10.1. The molecule has 2 aromatic carbocycles. The second-order valence-electron chi connectivity index (χ2n) is 6.98. The summed E-state index contributed by atoms with van der Waals surface area (Å²) in [5, 5.41) is 7.77. The largest absolute Gasteiger partial charge is 0.350 e. The molecular weight excluding hydrogens is 400 g/mol. The number of aryl methyl sites for hydroxylation is 2. The first kappa shape index (κ1) is 19.6. The maximum atomic E-state index is 12.6. The van der Waals surface area contributed by atoms with Gasteiger partial charge < -0.3 is 4.57 Å². The Bertz CT molecular complexity index is 1320. The van der Waals surface area contributed by atoms with Crippen LogP contribution in [0.1, 0.15) is 15.9 Å². The monoisotopic (exact) mass is 420 g/mol. The van der Waals surface area contributed by atoms with Crippen molar-refractivity contribution < 1.29 is 9.59 Å². The van der Waals surface area contributed by atoms with E-state index in [1.165, 1.54) is 0 Å². The Hall–Kier alpha value is -3.72. The van der Waals surface area contributed by atoms with Crippen LogP contribution < -0.4 is 10.9 Å². The standard InChI is InChI=1S/C21H20N6O2S/c1-13-6-5-7-14(10-13)19-23-25-21(30)27(19)12-18(28)22-24-20(29)16-11-26(2)17-9-4-3-8-15(16)17/h3-11H,12H2,1-2H3,(H,22,28)(H,24,29)(H,25,30). The van der Waals surface area contributed by atoms with Gasteiger partial charge in [-0.1, -0.05) is 42.0 Å². The molecule has 30 heavy (non-hydrogen) atoms. The van der Waals surface area contributed by atoms with Gasteiger partial charge in [0.1, 0.15) is 6.54 Å². The predicted molar refractivity (Wildman–Crippen MR) is 116 cm³/mol. The Morgan fingerprint density at radius 3 is 2.73 bits per heavy atom. The van der Waals surface area contributed by atoms with Crippen molar-refractivity contribution in [3.63, 3.8) is 0 Å². The Morgan fingerprint density at radius 2 is 1.93 bits per heavy atom. The van der Waals surface area contributed by atoms with Crippen molar-refractivity contribution in [1.29, 1.82) is 0 Å². The lowest BCUT2D eigenvalue weighted by molar-refractivity contribution is -0.122. The number of benzene rings is 2. The van der Waals surface area contributed by atoms with Crippen molar-refractivity contribution in [2.45, 2.75) is 13.5 Å². The SMILES string of the molecule is Cc1cccc(-c2n[nH]c(=S)n2CC(=O)NNC(=O)c2cn(C)c3ccccc23)c1. The molecule has 0 bridgehead atoms. The zero-order valence-electron chi connectivity index (χ0n) is 16.5. The molecule has 2 amide bonds. The van der Waals surface area contributed by atoms with Crippen molar-refractivity contribution in [3.8, 4) is 11.4 Å². The van der Waals surface area contributed by atoms with Crippen molar-refractivity contribution in [2.75, 3.05) is 0 Å². The molecule has 3 N–H and O–H groups in total. The Kier molecular flexibility index (Phi) is 5.20. The van der Waals surface area contributed by atoms with E-state index in [4.69, 9.17) is 12.2 Å². The summed E-state index contributed by atoms with van der Waals surface area (Å²) in [6, 6.07) is 15.3. The van der Waals surface area contributed by atoms with Crippen molar-refractivity contribution in [3.05, 3.63) is 70.6 Å². The van der Waals surface area contributed by atoms with Gasteiger partial charge in [-0.2, -0.15) is 5.10 Å². The van der Waals surface area contributed by atoms with Crippen LogP contribution in [0, 0.1) is 11.7 Å². The fourth-order valence-electron chi connectivity index (χ4n) is 3.37. The smallest absolute Gasteiger partial charge is 0.271 e. The van der Waals surface area contributed by atoms with Gasteiger partial charge in [0, 0.05) is 29.7 Å². The highest BCUT2D eigenvalue weighted by Gasteiger charge is 2.16. The van der Waals surface area contributed by atoms with E-state index in [1.54, 1.807) is 10.8 Å². The topological polar surface area (TPSA) is 96.7 Å². The number of hydrazine groups is 1. The second-order valence-corrected chi connectivity index (χ2v) is 7.37. The van der Waals surface area contributed by atoms with E-state index >= 15 is 0 Å². The van der Waals surface area contributed by atoms with Crippen LogP contribution in [0.15, 0.2) is 54.7 Å². The normalized spacial score (nSPS) is 10.9. The molecule has 4 aromatic rings. The van der Waals surface area contributed by atoms with Crippen LogP contribution in [0.5, 0.6) is 0 Å². The minimum absolute atomic E-state index is 0.0889. The molecule has 0 aliphatic carbocycles. The molecule has 0 saturated carbocycles. The molecule has 0 atom stereocenters. The fourth-order valence-corrected chi connectivity index (χ4v) is 3.57. The first-order valence-corrected chi connectivity index (χ1v) is 9.70. The summed E-state index contributed by atoms with van der Waals surface area (Å²) < 4.78 is 3.77. The number of aromatic nitrogens is 4. The fraction of sp³-hybridized carbons (Fsp3) is 0.143. The van der Waals surface area contributed by atoms with Crippen molar-refractivity contribution in [1.82, 2.24) is 30.2 Å². The van der Waals surface area contributed by atoms with Gasteiger partial charge in [-0.3, -0.25) is 30.1 Å². The van der Waals surface area contributed by atoms with Crippen LogP contribution in [0.2, 0.25) is 0 Å². The number of hydrogen-bond donors (Lipinski definition) is 3. The number of nitrogens with one attached hydrogen (secondary N) is 3. The number of amides is 2. The number of carbonyl (C=O) groups is 2. The number of nitrogens with zero attached hydrogens (tertiary/aromatic N) is 3. The summed E-state index contributed by atoms with van der Waals surface area (Å²) in [5.41, 5.74) is 8.25. The molecule has 0 fully saturated rings. The number of hydrogen-bond acceptors (Lipinski definition) is 4. The van der Waals surface area contributed by atoms with E-state index in [9.17, 15) is 9.59 Å². The number of aromatic amines is 1. The van der Waals surface area contributed by atoms with E-state index in [0.717, 1.165) is 22.0 Å². The molecule has 0 aliphatic heterocycles. The summed E-state index contributed by atoms with van der Waals surface area (Å²) in [5.74, 6) is -0.260. The minimum atomic E-state index is -0.421. The number of rotatable bonds is 4. The third-order valence-corrected chi connectivity index (χ3v) is 5.10. The van der Waals surface area contributed by atoms with Crippen molar-refractivity contribution in [2.24, 2.45) is 7.05 Å². The number of fused-ring (bicyclic) bond motifs is 1. The lowest BCUT2D eigenvalue weighted by Crippen LogP contribution is -2.43. The predicted octanol–water partition coefficient (Wildman–Crippen LogP) is 2.87. The van der Waals surface area contributed by atoms with Crippen LogP contribution in [0.25, 0.3) is 22.3 Å². The van der Waals surface area contributed by atoms with Crippen LogP contribution in [0.3, 0.4) is 0 Å². The van der Waals surface area contributed by atoms with Gasteiger partial charge in [0.15, 0.2) is 10.6 Å². The summed E-state index contributed by atoms with van der Waals surface area (Å²) >= 11 is 5.27. The molecule has 2 heterocycles. The Balaban J connectivity index is 1.48. The van der Waals surface area contributed by atoms with Crippen molar-refractivity contribution >= 4 is 34.9 Å². The van der Waals surface area contributed by atoms with Crippen LogP contribution in [0.4, 0.5) is 0 Å². The molecule has 4 rings (SSSR count). The highest BCUT2D eigenvalue weighted by molar-refractivity contribution is 7.71. The Morgan fingerprint density at radius 1 is 1.13 bits per heavy atom. The van der Waals surface area contributed by atoms with Crippen LogP contribution in [-0.2, 0) is 18.4 Å². The third-order valence-electron chi connectivity index (χ3n) is 4.79. The minimum Gasteiger partial charge on any atom is -0.350 e. The van der Waals surface area contributed by atoms with Gasteiger partial charge in [-0.05, 0) is 31.3 Å². The zero-order chi connectivity index (χ0) is 21.3. The molecular formula is C21H20N6O2S. The third kappa shape index (κ3) is 3.74. The van der Waals surface area contributed by atoms with Crippen LogP contribution in [-0.4, -0.2) is 31.1 Å². The summed E-state index contributed by atoms with van der Waals surface area (Å²) in [4.78, 5) is 25.1. The molecule has 0 aliphatic rings. The van der Waals surface area contributed by atoms with E-state index in [1.807, 2.05) is 67.1 Å². The van der Waals surface area contributed by atoms with E-state index in [0.29, 0.717) is 16.2 Å². The maximum absolute atomic E-state index is 12.6. The summed E-state index contributed by atoms with van der Waals surface area (Å²) in [6.07, 6.45) is 1.73. The molecule has 152 valence electrons. The molecule has 2 aromatic heterocycles. The van der Waals surface area contributed by atoms with Gasteiger partial charge >= 0.3 is 0 Å². The van der Waals surface area contributed by atoms with E-state index < -0.39 is 11.8 Å². The highest BCUT2D eigenvalue weighted by Crippen LogP contribution is 2.20. The number of para-hydroxylation sites is 1. The first-order valence-electron chi connectivity index (χ1n) is 9.29. The Labute approximate surface area is 177 Å². The molecule has 0 spiro atoms. The first-order chi connectivity index (χ1) is 14.4. The highest BCUT2D eigenvalue weighted by atomic mass is 32.1. The molecule has 9 heteroatoms. The number of H-pyrrole nitrogens is 1. The molecule has 0 saturated heterocycles. The average Bonchev–Trinajstić information content (AvgIpc) is 3.27. The van der Waals surface area contributed by atoms with Gasteiger partial charge in [-0.25, -0.2) is 0 Å². The summed E-state index contributed by atoms with van der Waals surface area (Å²) in [6.45, 7) is 1.89. The van der Waals surface area contributed by atoms with E-state index in [-0.39, 0.29) is 6.54 Å². The lowest BCUT2D eigenvalue weighted by Gasteiger charge is -2.09. The zero-order valence-corrected chi connectivity index (χ0v) is 17.3. The van der Waals surface area contributed by atoms with Crippen LogP contribution >= 0.6 is 12.2 Å². The molecule has 0 radical (unpaired) electrons. The van der Waals surface area contributed by atoms with Gasteiger partial charge in [0.05, 0.1) is 5.56 Å².